The number of benzene rings is 2. The van der Waals surface area contributed by atoms with Gasteiger partial charge in [-0.25, -0.2) is 0 Å². The van der Waals surface area contributed by atoms with E-state index in [4.69, 9.17) is 4.74 Å². The number of fused-ring (bicyclic) bond motifs is 1. The zero-order valence-electron chi connectivity index (χ0n) is 15.7. The first-order chi connectivity index (χ1) is 13.3. The molecule has 2 aromatic carbocycles. The summed E-state index contributed by atoms with van der Waals surface area (Å²) < 4.78 is 5.98. The van der Waals surface area contributed by atoms with Crippen molar-refractivity contribution in [3.05, 3.63) is 65.9 Å². The third kappa shape index (κ3) is 4.61. The Labute approximate surface area is 159 Å². The molecule has 0 amide bonds. The zero-order chi connectivity index (χ0) is 18.5. The highest BCUT2D eigenvalue weighted by atomic mass is 16.5. The van der Waals surface area contributed by atoms with Crippen LogP contribution in [0, 0.1) is 5.92 Å². The fraction of sp³-hybridized carbons (Fsp3) is 0.318. The molecule has 1 aromatic heterocycles. The van der Waals surface area contributed by atoms with Gasteiger partial charge in [0.25, 0.3) is 0 Å². The standard InChI is InChI=1S/C22H26N4O/c1-23-22(25-14-19-12-17-6-2-4-8-20(17)26-19)24-13-18-7-3-5-9-21(18)27-15-16-10-11-16/h2-9,12,16,26H,10-11,13-15H2,1H3,(H2,23,24,25). The molecule has 0 saturated heterocycles. The van der Waals surface area contributed by atoms with Gasteiger partial charge in [0, 0.05) is 30.4 Å². The molecule has 3 aromatic rings. The van der Waals surface area contributed by atoms with Crippen LogP contribution >= 0.6 is 0 Å². The number of aromatic nitrogens is 1. The van der Waals surface area contributed by atoms with Crippen molar-refractivity contribution in [1.29, 1.82) is 0 Å². The van der Waals surface area contributed by atoms with Crippen LogP contribution in [0.1, 0.15) is 24.1 Å². The molecule has 0 atom stereocenters. The molecule has 4 rings (SSSR count). The number of aromatic amines is 1. The first-order valence-electron chi connectivity index (χ1n) is 9.53. The van der Waals surface area contributed by atoms with Crippen LogP contribution in [0.3, 0.4) is 0 Å². The lowest BCUT2D eigenvalue weighted by Gasteiger charge is -2.14. The molecule has 1 aliphatic carbocycles. The molecule has 1 saturated carbocycles. The third-order valence-electron chi connectivity index (χ3n) is 4.85. The maximum absolute atomic E-state index is 5.98. The molecule has 140 valence electrons. The number of ether oxygens (including phenoxy) is 1. The van der Waals surface area contributed by atoms with Crippen LogP contribution in [-0.2, 0) is 13.1 Å². The summed E-state index contributed by atoms with van der Waals surface area (Å²) in [5.41, 5.74) is 3.43. The SMILES string of the molecule is CN=C(NCc1cc2ccccc2[nH]1)NCc1ccccc1OCC1CC1. The molecule has 5 heteroatoms. The molecule has 1 aliphatic rings. The van der Waals surface area contributed by atoms with E-state index < -0.39 is 0 Å². The van der Waals surface area contributed by atoms with Gasteiger partial charge in [0.05, 0.1) is 13.2 Å². The number of nitrogens with one attached hydrogen (secondary N) is 3. The predicted octanol–water partition coefficient (Wildman–Crippen LogP) is 3.82. The van der Waals surface area contributed by atoms with Gasteiger partial charge in [0.2, 0.25) is 0 Å². The molecule has 1 fully saturated rings. The Morgan fingerprint density at radius 2 is 1.85 bits per heavy atom. The molecule has 0 bridgehead atoms. The van der Waals surface area contributed by atoms with Crippen LogP contribution in [0.15, 0.2) is 59.6 Å². The van der Waals surface area contributed by atoms with Crippen LogP contribution in [0.4, 0.5) is 0 Å². The average Bonchev–Trinajstić information content (AvgIpc) is 3.44. The maximum Gasteiger partial charge on any atom is 0.191 e. The molecule has 1 heterocycles. The minimum absolute atomic E-state index is 0.674. The number of nitrogens with zero attached hydrogens (tertiary/aromatic N) is 1. The topological polar surface area (TPSA) is 61.4 Å². The van der Waals surface area contributed by atoms with Gasteiger partial charge in [-0.1, -0.05) is 36.4 Å². The second-order valence-corrected chi connectivity index (χ2v) is 7.02. The van der Waals surface area contributed by atoms with E-state index in [1.807, 2.05) is 24.3 Å². The Hall–Kier alpha value is -2.95. The Morgan fingerprint density at radius 3 is 2.67 bits per heavy atom. The van der Waals surface area contributed by atoms with Crippen LogP contribution in [0.5, 0.6) is 5.75 Å². The molecule has 0 unspecified atom stereocenters. The van der Waals surface area contributed by atoms with E-state index in [1.165, 1.54) is 18.2 Å². The van der Waals surface area contributed by atoms with Crippen LogP contribution in [0.25, 0.3) is 10.9 Å². The minimum Gasteiger partial charge on any atom is -0.493 e. The molecule has 5 nitrogen and oxygen atoms in total. The number of aliphatic imine (C=N–C) groups is 1. The summed E-state index contributed by atoms with van der Waals surface area (Å²) in [5.74, 6) is 2.48. The van der Waals surface area contributed by atoms with E-state index >= 15 is 0 Å². The van der Waals surface area contributed by atoms with E-state index in [2.05, 4.69) is 50.9 Å². The van der Waals surface area contributed by atoms with Crippen molar-refractivity contribution in [3.8, 4) is 5.75 Å². The summed E-state index contributed by atoms with van der Waals surface area (Å²) in [6.45, 7) is 2.19. The Kier molecular flexibility index (Phi) is 5.28. The predicted molar refractivity (Wildman–Crippen MR) is 110 cm³/mol. The van der Waals surface area contributed by atoms with E-state index in [0.29, 0.717) is 13.1 Å². The molecule has 3 N–H and O–H groups in total. The number of guanidine groups is 1. The maximum atomic E-state index is 5.98. The second kappa shape index (κ2) is 8.16. The molecule has 27 heavy (non-hydrogen) atoms. The van der Waals surface area contributed by atoms with Crippen molar-refractivity contribution in [3.63, 3.8) is 0 Å². The summed E-state index contributed by atoms with van der Waals surface area (Å²) >= 11 is 0. The van der Waals surface area contributed by atoms with Crippen molar-refractivity contribution in [2.24, 2.45) is 10.9 Å². The fourth-order valence-electron chi connectivity index (χ4n) is 3.09. The minimum atomic E-state index is 0.674. The van der Waals surface area contributed by atoms with Crippen molar-refractivity contribution >= 4 is 16.9 Å². The van der Waals surface area contributed by atoms with Crippen molar-refractivity contribution < 1.29 is 4.74 Å². The van der Waals surface area contributed by atoms with Gasteiger partial charge in [-0.05, 0) is 42.3 Å². The summed E-state index contributed by atoms with van der Waals surface area (Å²) in [4.78, 5) is 7.75. The van der Waals surface area contributed by atoms with Gasteiger partial charge < -0.3 is 20.4 Å². The number of rotatable bonds is 7. The quantitative estimate of drug-likeness (QED) is 0.442. The molecule has 0 spiro atoms. The molecular weight excluding hydrogens is 336 g/mol. The van der Waals surface area contributed by atoms with Gasteiger partial charge in [0.1, 0.15) is 5.75 Å². The number of hydrogen-bond donors (Lipinski definition) is 3. The number of H-pyrrole nitrogens is 1. The second-order valence-electron chi connectivity index (χ2n) is 7.02. The normalized spacial score (nSPS) is 14.3. The van der Waals surface area contributed by atoms with Crippen molar-refractivity contribution in [1.82, 2.24) is 15.6 Å². The van der Waals surface area contributed by atoms with E-state index in [9.17, 15) is 0 Å². The van der Waals surface area contributed by atoms with Gasteiger partial charge in [0.15, 0.2) is 5.96 Å². The fourth-order valence-corrected chi connectivity index (χ4v) is 3.09. The van der Waals surface area contributed by atoms with Gasteiger partial charge >= 0.3 is 0 Å². The van der Waals surface area contributed by atoms with E-state index in [-0.39, 0.29) is 0 Å². The van der Waals surface area contributed by atoms with Crippen LogP contribution < -0.4 is 15.4 Å². The lowest BCUT2D eigenvalue weighted by Crippen LogP contribution is -2.36. The highest BCUT2D eigenvalue weighted by molar-refractivity contribution is 5.81. The first-order valence-corrected chi connectivity index (χ1v) is 9.53. The Balaban J connectivity index is 1.32. The highest BCUT2D eigenvalue weighted by Gasteiger charge is 2.22. The van der Waals surface area contributed by atoms with Gasteiger partial charge in [-0.15, -0.1) is 0 Å². The average molecular weight is 362 g/mol. The van der Waals surface area contributed by atoms with E-state index in [1.54, 1.807) is 7.05 Å². The number of para-hydroxylation sites is 2. The number of hydrogen-bond acceptors (Lipinski definition) is 2. The molecule has 0 radical (unpaired) electrons. The molecule has 0 aliphatic heterocycles. The van der Waals surface area contributed by atoms with Crippen LogP contribution in [0.2, 0.25) is 0 Å². The van der Waals surface area contributed by atoms with Crippen molar-refractivity contribution in [2.75, 3.05) is 13.7 Å². The monoisotopic (exact) mass is 362 g/mol. The van der Waals surface area contributed by atoms with Gasteiger partial charge in [-0.2, -0.15) is 0 Å². The van der Waals surface area contributed by atoms with Gasteiger partial charge in [-0.3, -0.25) is 4.99 Å². The smallest absolute Gasteiger partial charge is 0.191 e. The van der Waals surface area contributed by atoms with E-state index in [0.717, 1.165) is 41.0 Å². The lowest BCUT2D eigenvalue weighted by atomic mass is 10.2. The highest BCUT2D eigenvalue weighted by Crippen LogP contribution is 2.30. The summed E-state index contributed by atoms with van der Waals surface area (Å²) in [6, 6.07) is 18.7. The summed E-state index contributed by atoms with van der Waals surface area (Å²) in [5, 5.41) is 7.96. The Bertz CT molecular complexity index is 894. The van der Waals surface area contributed by atoms with Crippen LogP contribution in [-0.4, -0.2) is 24.6 Å². The first kappa shape index (κ1) is 17.5. The zero-order valence-corrected chi connectivity index (χ0v) is 15.7. The lowest BCUT2D eigenvalue weighted by molar-refractivity contribution is 0.296. The molecular formula is C22H26N4O. The largest absolute Gasteiger partial charge is 0.493 e. The Morgan fingerprint density at radius 1 is 1.07 bits per heavy atom. The van der Waals surface area contributed by atoms with Crippen molar-refractivity contribution in [2.45, 2.75) is 25.9 Å². The summed E-state index contributed by atoms with van der Waals surface area (Å²) in [7, 11) is 1.79. The summed E-state index contributed by atoms with van der Waals surface area (Å²) in [6.07, 6.45) is 2.59. The third-order valence-corrected chi connectivity index (χ3v) is 4.85.